The molecule has 0 bridgehead atoms. The van der Waals surface area contributed by atoms with Gasteiger partial charge in [-0.3, -0.25) is 0 Å². The maximum absolute atomic E-state index is 11.9. The fourth-order valence-electron chi connectivity index (χ4n) is 1.90. The third kappa shape index (κ3) is 3.90. The van der Waals surface area contributed by atoms with E-state index in [-0.39, 0.29) is 18.9 Å². The molecule has 7 heteroatoms. The molecule has 0 spiro atoms. The maximum atomic E-state index is 11.9. The minimum absolute atomic E-state index is 0.0396. The van der Waals surface area contributed by atoms with Crippen LogP contribution in [-0.4, -0.2) is 38.9 Å². The van der Waals surface area contributed by atoms with Gasteiger partial charge in [0.15, 0.2) is 0 Å². The summed E-state index contributed by atoms with van der Waals surface area (Å²) in [6, 6.07) is 6.81. The van der Waals surface area contributed by atoms with Crippen LogP contribution in [0.2, 0.25) is 0 Å². The van der Waals surface area contributed by atoms with Crippen molar-refractivity contribution < 1.29 is 18.3 Å². The summed E-state index contributed by atoms with van der Waals surface area (Å²) in [5.41, 5.74) is 5.60. The van der Waals surface area contributed by atoms with Crippen molar-refractivity contribution in [1.29, 1.82) is 0 Å². The Labute approximate surface area is 112 Å². The van der Waals surface area contributed by atoms with Gasteiger partial charge in [-0.25, -0.2) is 13.1 Å². The van der Waals surface area contributed by atoms with Gasteiger partial charge in [0.2, 0.25) is 10.0 Å². The first-order valence-electron chi connectivity index (χ1n) is 6.01. The zero-order valence-corrected chi connectivity index (χ0v) is 11.3. The van der Waals surface area contributed by atoms with Gasteiger partial charge < -0.3 is 15.6 Å². The van der Waals surface area contributed by atoms with Crippen molar-refractivity contribution in [3.63, 3.8) is 0 Å². The van der Waals surface area contributed by atoms with Gasteiger partial charge in [0.1, 0.15) is 5.60 Å². The Kier molecular flexibility index (Phi) is 4.10. The van der Waals surface area contributed by atoms with E-state index in [2.05, 4.69) is 4.72 Å². The fourth-order valence-corrected chi connectivity index (χ4v) is 3.16. The molecule has 19 heavy (non-hydrogen) atoms. The molecule has 0 saturated carbocycles. The summed E-state index contributed by atoms with van der Waals surface area (Å²) >= 11 is 0. The van der Waals surface area contributed by atoms with Crippen molar-refractivity contribution in [3.05, 3.63) is 29.8 Å². The highest BCUT2D eigenvalue weighted by Gasteiger charge is 2.33. The molecule has 1 aliphatic rings. The van der Waals surface area contributed by atoms with Crippen LogP contribution in [0.25, 0.3) is 0 Å². The average molecular weight is 286 g/mol. The van der Waals surface area contributed by atoms with E-state index in [4.69, 9.17) is 10.5 Å². The van der Waals surface area contributed by atoms with E-state index < -0.39 is 15.6 Å². The van der Waals surface area contributed by atoms with Crippen molar-refractivity contribution in [3.8, 4) is 0 Å². The van der Waals surface area contributed by atoms with Crippen molar-refractivity contribution in [2.24, 2.45) is 0 Å². The first kappa shape index (κ1) is 14.3. The molecule has 1 unspecified atom stereocenters. The van der Waals surface area contributed by atoms with Gasteiger partial charge in [-0.05, 0) is 11.6 Å². The molecule has 1 saturated heterocycles. The Bertz CT molecular complexity index is 538. The van der Waals surface area contributed by atoms with E-state index in [0.717, 1.165) is 0 Å². The number of para-hydroxylation sites is 1. The Morgan fingerprint density at radius 2 is 2.16 bits per heavy atom. The van der Waals surface area contributed by atoms with Crippen molar-refractivity contribution in [2.45, 2.75) is 17.8 Å². The molecule has 0 aromatic heterocycles. The van der Waals surface area contributed by atoms with E-state index in [1.54, 1.807) is 24.3 Å². The van der Waals surface area contributed by atoms with Gasteiger partial charge >= 0.3 is 0 Å². The van der Waals surface area contributed by atoms with Gasteiger partial charge in [0, 0.05) is 25.3 Å². The Morgan fingerprint density at radius 1 is 1.42 bits per heavy atom. The van der Waals surface area contributed by atoms with E-state index >= 15 is 0 Å². The largest absolute Gasteiger partial charge is 0.398 e. The lowest BCUT2D eigenvalue weighted by Crippen LogP contribution is -2.43. The number of hydrogen-bond acceptors (Lipinski definition) is 5. The van der Waals surface area contributed by atoms with Crippen LogP contribution in [-0.2, 0) is 20.5 Å². The van der Waals surface area contributed by atoms with Crippen LogP contribution in [0.15, 0.2) is 24.3 Å². The highest BCUT2D eigenvalue weighted by Crippen LogP contribution is 2.18. The molecular weight excluding hydrogens is 268 g/mol. The zero-order valence-electron chi connectivity index (χ0n) is 10.5. The molecule has 0 amide bonds. The van der Waals surface area contributed by atoms with Crippen LogP contribution in [0.3, 0.4) is 0 Å². The highest BCUT2D eigenvalue weighted by atomic mass is 32.2. The molecule has 106 valence electrons. The minimum Gasteiger partial charge on any atom is -0.398 e. The summed E-state index contributed by atoms with van der Waals surface area (Å²) in [4.78, 5) is 0. The molecular formula is C12H18N2O4S. The van der Waals surface area contributed by atoms with Gasteiger partial charge in [-0.15, -0.1) is 0 Å². The number of benzene rings is 1. The summed E-state index contributed by atoms with van der Waals surface area (Å²) in [7, 11) is -3.53. The first-order valence-corrected chi connectivity index (χ1v) is 7.66. The number of hydrogen-bond donors (Lipinski definition) is 3. The van der Waals surface area contributed by atoms with Gasteiger partial charge in [-0.2, -0.15) is 0 Å². The number of nitrogens with one attached hydrogen (secondary N) is 1. The number of rotatable bonds is 5. The normalized spacial score (nSPS) is 23.6. The van der Waals surface area contributed by atoms with Crippen molar-refractivity contribution in [2.75, 3.05) is 25.5 Å². The zero-order chi connectivity index (χ0) is 13.9. The number of anilines is 1. The second kappa shape index (κ2) is 5.46. The maximum Gasteiger partial charge on any atom is 0.215 e. The van der Waals surface area contributed by atoms with Crippen molar-refractivity contribution in [1.82, 2.24) is 4.72 Å². The Hall–Kier alpha value is -1.15. The molecule has 1 aromatic carbocycles. The molecule has 4 N–H and O–H groups in total. The van der Waals surface area contributed by atoms with E-state index in [9.17, 15) is 13.5 Å². The Morgan fingerprint density at radius 3 is 2.79 bits per heavy atom. The summed E-state index contributed by atoms with van der Waals surface area (Å²) in [6.07, 6.45) is 0.434. The standard InChI is InChI=1S/C12H18N2O4S/c13-11-4-2-1-3-10(11)7-19(16,17)14-8-12(15)5-6-18-9-12/h1-4,14-15H,5-9,13H2. The van der Waals surface area contributed by atoms with Gasteiger partial charge in [-0.1, -0.05) is 18.2 Å². The highest BCUT2D eigenvalue weighted by molar-refractivity contribution is 7.88. The summed E-state index contributed by atoms with van der Waals surface area (Å²) in [5, 5.41) is 10.00. The van der Waals surface area contributed by atoms with Crippen LogP contribution in [0.4, 0.5) is 5.69 Å². The minimum atomic E-state index is -3.53. The average Bonchev–Trinajstić information content (AvgIpc) is 2.78. The molecule has 1 atom stereocenters. The number of nitrogen functional groups attached to an aromatic ring is 1. The molecule has 1 heterocycles. The first-order chi connectivity index (χ1) is 8.90. The fraction of sp³-hybridized carbons (Fsp3) is 0.500. The van der Waals surface area contributed by atoms with Gasteiger partial charge in [0.05, 0.1) is 12.4 Å². The third-order valence-corrected chi connectivity index (χ3v) is 4.38. The quantitative estimate of drug-likeness (QED) is 0.653. The lowest BCUT2D eigenvalue weighted by atomic mass is 10.1. The van der Waals surface area contributed by atoms with Crippen LogP contribution in [0.1, 0.15) is 12.0 Å². The van der Waals surface area contributed by atoms with E-state index in [1.165, 1.54) is 0 Å². The number of ether oxygens (including phenoxy) is 1. The second-order valence-electron chi connectivity index (χ2n) is 4.81. The summed E-state index contributed by atoms with van der Waals surface area (Å²) in [5.74, 6) is -0.198. The van der Waals surface area contributed by atoms with E-state index in [1.807, 2.05) is 0 Å². The number of sulfonamides is 1. The third-order valence-electron chi connectivity index (χ3n) is 3.10. The smallest absolute Gasteiger partial charge is 0.215 e. The number of nitrogens with two attached hydrogens (primary N) is 1. The van der Waals surface area contributed by atoms with Crippen LogP contribution in [0, 0.1) is 0 Å². The lowest BCUT2D eigenvalue weighted by molar-refractivity contribution is 0.0314. The van der Waals surface area contributed by atoms with Gasteiger partial charge in [0.25, 0.3) is 0 Å². The predicted octanol–water partition coefficient (Wildman–Crippen LogP) is -0.160. The molecule has 0 aliphatic carbocycles. The molecule has 0 radical (unpaired) electrons. The van der Waals surface area contributed by atoms with E-state index in [0.29, 0.717) is 24.3 Å². The number of aliphatic hydroxyl groups is 1. The van der Waals surface area contributed by atoms with Crippen LogP contribution < -0.4 is 10.5 Å². The van der Waals surface area contributed by atoms with Crippen LogP contribution >= 0.6 is 0 Å². The lowest BCUT2D eigenvalue weighted by Gasteiger charge is -2.20. The monoisotopic (exact) mass is 286 g/mol. The molecule has 2 rings (SSSR count). The second-order valence-corrected chi connectivity index (χ2v) is 6.61. The molecule has 1 aromatic rings. The topological polar surface area (TPSA) is 102 Å². The van der Waals surface area contributed by atoms with Crippen LogP contribution in [0.5, 0.6) is 0 Å². The molecule has 1 fully saturated rings. The summed E-state index contributed by atoms with van der Waals surface area (Å²) < 4.78 is 31.3. The SMILES string of the molecule is Nc1ccccc1CS(=O)(=O)NCC1(O)CCOC1. The molecule has 1 aliphatic heterocycles. The molecule has 6 nitrogen and oxygen atoms in total. The predicted molar refractivity (Wildman–Crippen MR) is 71.9 cm³/mol. The van der Waals surface area contributed by atoms with Crippen molar-refractivity contribution >= 4 is 15.7 Å². The Balaban J connectivity index is 1.97. The summed E-state index contributed by atoms with van der Waals surface area (Å²) in [6.45, 7) is 0.564.